The molecule has 6 nitrogen and oxygen atoms in total. The second kappa shape index (κ2) is 8.15. The number of hydrogen-bond donors (Lipinski definition) is 2. The first-order valence-electron chi connectivity index (χ1n) is 9.42. The van der Waals surface area contributed by atoms with E-state index < -0.39 is 11.5 Å². The van der Waals surface area contributed by atoms with Crippen LogP contribution in [-0.4, -0.2) is 22.7 Å². The van der Waals surface area contributed by atoms with E-state index in [1.165, 1.54) is 0 Å². The number of rotatable bonds is 5. The molecule has 1 amide bonds. The van der Waals surface area contributed by atoms with Crippen LogP contribution in [0.3, 0.4) is 0 Å². The van der Waals surface area contributed by atoms with Gasteiger partial charge in [-0.2, -0.15) is 5.26 Å². The quantitative estimate of drug-likeness (QED) is 0.467. The Morgan fingerprint density at radius 2 is 1.74 bits per heavy atom. The standard InChI is InChI=1S/C24H18ClN3O3/c1-31-21-11-12-22-16(14-21)13-20(15-26)28(22)19-9-7-18(8-10-19)24(30,23(29)27-25)17-5-3-2-4-6-17/h2-14,30H,1H3,(H,27,29). The molecule has 0 aliphatic rings. The summed E-state index contributed by atoms with van der Waals surface area (Å²) in [7, 11) is 1.59. The molecule has 154 valence electrons. The Balaban J connectivity index is 1.83. The van der Waals surface area contributed by atoms with E-state index in [1.807, 2.05) is 27.6 Å². The van der Waals surface area contributed by atoms with Crippen molar-refractivity contribution < 1.29 is 14.6 Å². The summed E-state index contributed by atoms with van der Waals surface area (Å²) in [5.41, 5.74) is 0.761. The van der Waals surface area contributed by atoms with E-state index in [9.17, 15) is 15.2 Å². The lowest BCUT2D eigenvalue weighted by Gasteiger charge is -2.27. The maximum Gasteiger partial charge on any atom is 0.275 e. The molecule has 0 fully saturated rings. The van der Waals surface area contributed by atoms with Gasteiger partial charge < -0.3 is 14.4 Å². The molecule has 0 saturated carbocycles. The number of fused-ring (bicyclic) bond motifs is 1. The maximum atomic E-state index is 12.5. The number of hydrogen-bond acceptors (Lipinski definition) is 4. The molecule has 0 saturated heterocycles. The number of aliphatic hydroxyl groups is 1. The number of halogens is 1. The molecule has 1 atom stereocenters. The van der Waals surface area contributed by atoms with Gasteiger partial charge in [-0.05, 0) is 47.5 Å². The monoisotopic (exact) mass is 431 g/mol. The number of amides is 1. The molecule has 1 unspecified atom stereocenters. The van der Waals surface area contributed by atoms with Gasteiger partial charge in [0.2, 0.25) is 0 Å². The first-order chi connectivity index (χ1) is 15.0. The van der Waals surface area contributed by atoms with Gasteiger partial charge in [-0.15, -0.1) is 0 Å². The van der Waals surface area contributed by atoms with Crippen LogP contribution >= 0.6 is 11.8 Å². The van der Waals surface area contributed by atoms with Crippen molar-refractivity contribution in [3.05, 3.63) is 95.7 Å². The average molecular weight is 432 g/mol. The summed E-state index contributed by atoms with van der Waals surface area (Å²) < 4.78 is 7.08. The predicted molar refractivity (Wildman–Crippen MR) is 118 cm³/mol. The summed E-state index contributed by atoms with van der Waals surface area (Å²) in [6.07, 6.45) is 0. The lowest BCUT2D eigenvalue weighted by Crippen LogP contribution is -2.42. The van der Waals surface area contributed by atoms with Gasteiger partial charge >= 0.3 is 0 Å². The maximum absolute atomic E-state index is 12.5. The van der Waals surface area contributed by atoms with E-state index in [0.29, 0.717) is 28.3 Å². The molecular weight excluding hydrogens is 414 g/mol. The van der Waals surface area contributed by atoms with Crippen molar-refractivity contribution in [1.82, 2.24) is 9.40 Å². The molecule has 2 N–H and O–H groups in total. The summed E-state index contributed by atoms with van der Waals surface area (Å²) in [5, 5.41) is 21.8. The molecule has 4 rings (SSSR count). The van der Waals surface area contributed by atoms with E-state index >= 15 is 0 Å². The van der Waals surface area contributed by atoms with Gasteiger partial charge in [0, 0.05) is 22.9 Å². The van der Waals surface area contributed by atoms with Gasteiger partial charge in [-0.1, -0.05) is 42.5 Å². The Morgan fingerprint density at radius 3 is 2.35 bits per heavy atom. The molecule has 0 bridgehead atoms. The predicted octanol–water partition coefficient (Wildman–Crippen LogP) is 4.02. The fourth-order valence-electron chi connectivity index (χ4n) is 3.71. The minimum atomic E-state index is -1.97. The summed E-state index contributed by atoms with van der Waals surface area (Å²) >= 11 is 5.57. The van der Waals surface area contributed by atoms with Crippen LogP contribution in [0.4, 0.5) is 0 Å². The van der Waals surface area contributed by atoms with Gasteiger partial charge in [0.15, 0.2) is 5.60 Å². The van der Waals surface area contributed by atoms with Gasteiger partial charge in [-0.3, -0.25) is 9.63 Å². The third-order valence-corrected chi connectivity index (χ3v) is 5.44. The third kappa shape index (κ3) is 3.40. The van der Waals surface area contributed by atoms with Crippen LogP contribution in [0.25, 0.3) is 16.6 Å². The average Bonchev–Trinajstić information content (AvgIpc) is 3.21. The number of benzene rings is 3. The SMILES string of the molecule is COc1ccc2c(c1)cc(C#N)n2-c1ccc(C(O)(C(=O)NCl)c2ccccc2)cc1. The minimum absolute atomic E-state index is 0.345. The van der Waals surface area contributed by atoms with Gasteiger partial charge in [0.1, 0.15) is 17.5 Å². The van der Waals surface area contributed by atoms with Crippen LogP contribution in [0.2, 0.25) is 0 Å². The van der Waals surface area contributed by atoms with Crippen LogP contribution < -0.4 is 9.57 Å². The summed E-state index contributed by atoms with van der Waals surface area (Å²) in [5.74, 6) is -0.0613. The summed E-state index contributed by atoms with van der Waals surface area (Å²) in [4.78, 5) is 14.6. The molecule has 0 aliphatic carbocycles. The van der Waals surface area contributed by atoms with Crippen LogP contribution in [0, 0.1) is 11.3 Å². The highest BCUT2D eigenvalue weighted by Crippen LogP contribution is 2.32. The Bertz CT molecular complexity index is 1290. The van der Waals surface area contributed by atoms with Gasteiger partial charge in [0.25, 0.3) is 5.91 Å². The van der Waals surface area contributed by atoms with Crippen LogP contribution in [0.15, 0.2) is 78.9 Å². The third-order valence-electron chi connectivity index (χ3n) is 5.27. The van der Waals surface area contributed by atoms with Crippen molar-refractivity contribution in [3.8, 4) is 17.5 Å². The molecule has 7 heteroatoms. The Labute approximate surface area is 184 Å². The Kier molecular flexibility index (Phi) is 5.38. The largest absolute Gasteiger partial charge is 0.497 e. The summed E-state index contributed by atoms with van der Waals surface area (Å²) in [6.45, 7) is 0. The molecule has 0 aliphatic heterocycles. The second-order valence-corrected chi connectivity index (χ2v) is 7.14. The fourth-order valence-corrected chi connectivity index (χ4v) is 3.85. The first-order valence-corrected chi connectivity index (χ1v) is 9.80. The number of aromatic nitrogens is 1. The zero-order chi connectivity index (χ0) is 22.0. The van der Waals surface area contributed by atoms with Crippen molar-refractivity contribution in [2.45, 2.75) is 5.60 Å². The van der Waals surface area contributed by atoms with E-state index in [1.54, 1.807) is 67.8 Å². The lowest BCUT2D eigenvalue weighted by atomic mass is 9.85. The highest BCUT2D eigenvalue weighted by Gasteiger charge is 2.39. The van der Waals surface area contributed by atoms with E-state index in [2.05, 4.69) is 6.07 Å². The van der Waals surface area contributed by atoms with Crippen LogP contribution in [-0.2, 0) is 10.4 Å². The fraction of sp³-hybridized carbons (Fsp3) is 0.0833. The molecule has 3 aromatic carbocycles. The molecule has 1 heterocycles. The normalized spacial score (nSPS) is 12.7. The van der Waals surface area contributed by atoms with Crippen LogP contribution in [0.5, 0.6) is 5.75 Å². The minimum Gasteiger partial charge on any atom is -0.497 e. The second-order valence-electron chi connectivity index (χ2n) is 6.95. The Hall–Kier alpha value is -3.79. The van der Waals surface area contributed by atoms with Crippen molar-refractivity contribution in [3.63, 3.8) is 0 Å². The molecule has 0 spiro atoms. The zero-order valence-corrected chi connectivity index (χ0v) is 17.3. The molecule has 31 heavy (non-hydrogen) atoms. The van der Waals surface area contributed by atoms with E-state index in [4.69, 9.17) is 16.5 Å². The van der Waals surface area contributed by atoms with E-state index in [-0.39, 0.29) is 0 Å². The molecule has 1 aromatic heterocycles. The number of ether oxygens (including phenoxy) is 1. The highest BCUT2D eigenvalue weighted by atomic mass is 35.5. The van der Waals surface area contributed by atoms with Crippen molar-refractivity contribution >= 4 is 28.6 Å². The zero-order valence-electron chi connectivity index (χ0n) is 16.5. The van der Waals surface area contributed by atoms with Crippen molar-refractivity contribution in [1.29, 1.82) is 5.26 Å². The number of methoxy groups -OCH3 is 1. The highest BCUT2D eigenvalue weighted by molar-refractivity contribution is 6.23. The van der Waals surface area contributed by atoms with Crippen molar-refractivity contribution in [2.24, 2.45) is 0 Å². The Morgan fingerprint density at radius 1 is 1.06 bits per heavy atom. The number of nitrogens with zero attached hydrogens (tertiary/aromatic N) is 2. The molecule has 0 radical (unpaired) electrons. The van der Waals surface area contributed by atoms with Crippen molar-refractivity contribution in [2.75, 3.05) is 7.11 Å². The molecule has 4 aromatic rings. The number of carbonyl (C=O) groups excluding carboxylic acids is 1. The summed E-state index contributed by atoms with van der Waals surface area (Å²) in [6, 6.07) is 24.9. The molecular formula is C24H18ClN3O3. The van der Waals surface area contributed by atoms with E-state index in [0.717, 1.165) is 10.9 Å². The smallest absolute Gasteiger partial charge is 0.275 e. The first kappa shape index (κ1) is 20.5. The van der Waals surface area contributed by atoms with Crippen LogP contribution in [0.1, 0.15) is 16.8 Å². The topological polar surface area (TPSA) is 87.3 Å². The number of nitrogens with one attached hydrogen (secondary N) is 1. The number of carbonyl (C=O) groups is 1. The van der Waals surface area contributed by atoms with Gasteiger partial charge in [0.05, 0.1) is 12.6 Å². The lowest BCUT2D eigenvalue weighted by molar-refractivity contribution is -0.134. The van der Waals surface area contributed by atoms with Gasteiger partial charge in [-0.25, -0.2) is 0 Å². The number of nitriles is 1.